The molecule has 1 fully saturated rings. The van der Waals surface area contributed by atoms with Crippen LogP contribution in [0.5, 0.6) is 5.75 Å². The Balaban J connectivity index is 1.51. The number of halogens is 1. The summed E-state index contributed by atoms with van der Waals surface area (Å²) in [4.78, 5) is 15.3. The zero-order valence-corrected chi connectivity index (χ0v) is 16.1. The minimum Gasteiger partial charge on any atom is -0.478 e. The highest BCUT2D eigenvalue weighted by Crippen LogP contribution is 2.33. The standard InChI is InChI=1S/C22H20ClNO4/c23-15-5-3-14(4-6-15)19-12-27-22-17(21(19)25)7-8-20-18(22)11-24(13-28-20)10-16-2-1-9-26-16/h3-8,12,16H,1-2,9-11,13H2/t16-/m1/s1. The molecule has 2 aromatic carbocycles. The fourth-order valence-electron chi connectivity index (χ4n) is 3.98. The zero-order valence-electron chi connectivity index (χ0n) is 15.3. The van der Waals surface area contributed by atoms with Crippen LogP contribution in [-0.4, -0.2) is 30.9 Å². The molecule has 1 aromatic heterocycles. The molecule has 0 bridgehead atoms. The maximum absolute atomic E-state index is 13.1. The van der Waals surface area contributed by atoms with Crippen molar-refractivity contribution in [3.63, 3.8) is 0 Å². The lowest BCUT2D eigenvalue weighted by Gasteiger charge is -2.30. The smallest absolute Gasteiger partial charge is 0.200 e. The van der Waals surface area contributed by atoms with Crippen molar-refractivity contribution in [2.45, 2.75) is 25.5 Å². The Morgan fingerprint density at radius 1 is 1.14 bits per heavy atom. The van der Waals surface area contributed by atoms with Crippen molar-refractivity contribution in [3.05, 3.63) is 63.5 Å². The van der Waals surface area contributed by atoms with Crippen LogP contribution in [0.15, 0.2) is 51.9 Å². The summed E-state index contributed by atoms with van der Waals surface area (Å²) in [6.07, 6.45) is 3.98. The summed E-state index contributed by atoms with van der Waals surface area (Å²) in [5, 5.41) is 1.19. The number of hydrogen-bond donors (Lipinski definition) is 0. The highest BCUT2D eigenvalue weighted by atomic mass is 35.5. The molecule has 0 radical (unpaired) electrons. The van der Waals surface area contributed by atoms with Crippen molar-refractivity contribution < 1.29 is 13.9 Å². The number of nitrogens with zero attached hydrogens (tertiary/aromatic N) is 1. The molecule has 0 N–H and O–H groups in total. The lowest BCUT2D eigenvalue weighted by molar-refractivity contribution is 0.0281. The van der Waals surface area contributed by atoms with E-state index in [0.29, 0.717) is 34.8 Å². The summed E-state index contributed by atoms with van der Waals surface area (Å²) in [5.41, 5.74) is 2.77. The zero-order chi connectivity index (χ0) is 19.1. The van der Waals surface area contributed by atoms with Gasteiger partial charge >= 0.3 is 0 Å². The van der Waals surface area contributed by atoms with Crippen molar-refractivity contribution in [1.29, 1.82) is 0 Å². The molecule has 0 unspecified atom stereocenters. The summed E-state index contributed by atoms with van der Waals surface area (Å²) in [7, 11) is 0. The monoisotopic (exact) mass is 397 g/mol. The highest BCUT2D eigenvalue weighted by molar-refractivity contribution is 6.30. The SMILES string of the molecule is O=c1c(-c2ccc(Cl)cc2)coc2c3c(ccc12)OCN(C[C@H]1CCCO1)C3. The van der Waals surface area contributed by atoms with Crippen LogP contribution in [0.4, 0.5) is 0 Å². The minimum absolute atomic E-state index is 0.0531. The van der Waals surface area contributed by atoms with E-state index in [1.54, 1.807) is 18.2 Å². The fourth-order valence-corrected chi connectivity index (χ4v) is 4.10. The second-order valence-corrected chi connectivity index (χ2v) is 7.76. The predicted molar refractivity (Wildman–Crippen MR) is 108 cm³/mol. The van der Waals surface area contributed by atoms with E-state index in [1.165, 1.54) is 6.26 Å². The average molecular weight is 398 g/mol. The van der Waals surface area contributed by atoms with Gasteiger partial charge in [-0.05, 0) is 42.7 Å². The van der Waals surface area contributed by atoms with Gasteiger partial charge in [-0.25, -0.2) is 0 Å². The van der Waals surface area contributed by atoms with Gasteiger partial charge in [-0.2, -0.15) is 0 Å². The molecular weight excluding hydrogens is 378 g/mol. The van der Waals surface area contributed by atoms with E-state index in [9.17, 15) is 4.79 Å². The van der Waals surface area contributed by atoms with Crippen LogP contribution in [0.25, 0.3) is 22.1 Å². The van der Waals surface area contributed by atoms with Crippen LogP contribution in [-0.2, 0) is 11.3 Å². The van der Waals surface area contributed by atoms with Crippen LogP contribution < -0.4 is 10.2 Å². The third-order valence-electron chi connectivity index (χ3n) is 5.43. The molecule has 28 heavy (non-hydrogen) atoms. The maximum Gasteiger partial charge on any atom is 0.200 e. The molecule has 0 spiro atoms. The van der Waals surface area contributed by atoms with Crippen LogP contribution in [0.1, 0.15) is 18.4 Å². The highest BCUT2D eigenvalue weighted by Gasteiger charge is 2.26. The first-order valence-electron chi connectivity index (χ1n) is 9.49. The first-order valence-corrected chi connectivity index (χ1v) is 9.87. The summed E-state index contributed by atoms with van der Waals surface area (Å²) >= 11 is 5.96. The van der Waals surface area contributed by atoms with E-state index in [-0.39, 0.29) is 11.5 Å². The van der Waals surface area contributed by atoms with Crippen molar-refractivity contribution in [3.8, 4) is 16.9 Å². The fraction of sp³-hybridized carbons (Fsp3) is 0.318. The molecule has 0 saturated carbocycles. The van der Waals surface area contributed by atoms with Crippen LogP contribution in [0.3, 0.4) is 0 Å². The summed E-state index contributed by atoms with van der Waals surface area (Å²) in [6.45, 7) is 2.85. The molecule has 6 heteroatoms. The number of rotatable bonds is 3. The maximum atomic E-state index is 13.1. The molecule has 5 rings (SSSR count). The number of benzene rings is 2. The van der Waals surface area contributed by atoms with Gasteiger partial charge in [0.1, 0.15) is 24.3 Å². The first-order chi connectivity index (χ1) is 13.7. The summed E-state index contributed by atoms with van der Waals surface area (Å²) < 4.78 is 17.6. The van der Waals surface area contributed by atoms with Crippen LogP contribution in [0.2, 0.25) is 5.02 Å². The molecule has 2 aliphatic heterocycles. The third-order valence-corrected chi connectivity index (χ3v) is 5.68. The van der Waals surface area contributed by atoms with E-state index in [4.69, 9.17) is 25.5 Å². The second kappa shape index (κ2) is 7.24. The number of hydrogen-bond acceptors (Lipinski definition) is 5. The van der Waals surface area contributed by atoms with Gasteiger partial charge in [-0.1, -0.05) is 23.7 Å². The molecule has 1 atom stereocenters. The molecular formula is C22H20ClNO4. The van der Waals surface area contributed by atoms with E-state index < -0.39 is 0 Å². The van der Waals surface area contributed by atoms with Gasteiger partial charge < -0.3 is 13.9 Å². The molecule has 3 aromatic rings. The second-order valence-electron chi connectivity index (χ2n) is 7.32. The molecule has 3 heterocycles. The van der Waals surface area contributed by atoms with Crippen LogP contribution >= 0.6 is 11.6 Å². The Kier molecular flexibility index (Phi) is 4.59. The van der Waals surface area contributed by atoms with Gasteiger partial charge in [-0.15, -0.1) is 0 Å². The van der Waals surface area contributed by atoms with Crippen molar-refractivity contribution in [2.75, 3.05) is 19.9 Å². The Bertz CT molecular complexity index is 1070. The van der Waals surface area contributed by atoms with E-state index in [1.807, 2.05) is 18.2 Å². The van der Waals surface area contributed by atoms with E-state index >= 15 is 0 Å². The topological polar surface area (TPSA) is 51.9 Å². The Hall–Kier alpha value is -2.34. The molecule has 5 nitrogen and oxygen atoms in total. The normalized spacial score (nSPS) is 19.5. The molecule has 144 valence electrons. The molecule has 0 aliphatic carbocycles. The summed E-state index contributed by atoms with van der Waals surface area (Å²) in [5.74, 6) is 0.776. The lowest BCUT2D eigenvalue weighted by Crippen LogP contribution is -2.37. The quantitative estimate of drug-likeness (QED) is 0.653. The van der Waals surface area contributed by atoms with Gasteiger partial charge in [-0.3, -0.25) is 9.69 Å². The van der Waals surface area contributed by atoms with Crippen molar-refractivity contribution in [1.82, 2.24) is 4.90 Å². The van der Waals surface area contributed by atoms with E-state index in [2.05, 4.69) is 4.90 Å². The van der Waals surface area contributed by atoms with Gasteiger partial charge in [0.25, 0.3) is 0 Å². The van der Waals surface area contributed by atoms with Crippen molar-refractivity contribution in [2.24, 2.45) is 0 Å². The number of ether oxygens (including phenoxy) is 2. The van der Waals surface area contributed by atoms with Gasteiger partial charge in [0, 0.05) is 24.7 Å². The molecule has 1 saturated heterocycles. The lowest BCUT2D eigenvalue weighted by atomic mass is 10.0. The van der Waals surface area contributed by atoms with Gasteiger partial charge in [0.2, 0.25) is 5.43 Å². The van der Waals surface area contributed by atoms with Crippen LogP contribution in [0, 0.1) is 0 Å². The van der Waals surface area contributed by atoms with E-state index in [0.717, 1.165) is 42.9 Å². The molecule has 0 amide bonds. The van der Waals surface area contributed by atoms with Gasteiger partial charge in [0.05, 0.1) is 22.6 Å². The van der Waals surface area contributed by atoms with Gasteiger partial charge in [0.15, 0.2) is 0 Å². The largest absolute Gasteiger partial charge is 0.478 e. The Labute approximate surface area is 167 Å². The Morgan fingerprint density at radius 2 is 2.00 bits per heavy atom. The first kappa shape index (κ1) is 17.7. The predicted octanol–water partition coefficient (Wildman–Crippen LogP) is 4.44. The Morgan fingerprint density at radius 3 is 2.79 bits per heavy atom. The average Bonchev–Trinajstić information content (AvgIpc) is 3.22. The molecule has 2 aliphatic rings. The third kappa shape index (κ3) is 3.20. The minimum atomic E-state index is -0.0531. The summed E-state index contributed by atoms with van der Waals surface area (Å²) in [6, 6.07) is 10.8. The van der Waals surface area contributed by atoms with Crippen molar-refractivity contribution >= 4 is 22.6 Å². The number of fused-ring (bicyclic) bond motifs is 3.